The topological polar surface area (TPSA) is 68.3 Å². The van der Waals surface area contributed by atoms with Crippen LogP contribution in [-0.4, -0.2) is 21.4 Å². The van der Waals surface area contributed by atoms with Crippen LogP contribution in [-0.2, 0) is 19.7 Å². The van der Waals surface area contributed by atoms with Gasteiger partial charge in [-0.2, -0.15) is 0 Å². The molecule has 0 heterocycles. The molecule has 6 heteroatoms. The first-order valence-corrected chi connectivity index (χ1v) is 12.0. The van der Waals surface area contributed by atoms with Crippen molar-refractivity contribution in [3.8, 4) is 0 Å². The molecule has 0 aromatic heterocycles. The Morgan fingerprint density at radius 2 is 1.11 bits per heavy atom. The Morgan fingerprint density at radius 3 is 1.54 bits per heavy atom. The number of rotatable bonds is 6. The molecule has 0 radical (unpaired) electrons. The average molecular weight is 415 g/mol. The van der Waals surface area contributed by atoms with Crippen molar-refractivity contribution in [3.63, 3.8) is 0 Å². The zero-order valence-electron chi connectivity index (χ0n) is 15.7. The summed E-state index contributed by atoms with van der Waals surface area (Å²) >= 11 is 0. The van der Waals surface area contributed by atoms with Crippen LogP contribution in [0.3, 0.4) is 0 Å². The van der Waals surface area contributed by atoms with E-state index in [2.05, 4.69) is 0 Å². The Labute approximate surface area is 166 Å². The van der Waals surface area contributed by atoms with Gasteiger partial charge in [0.25, 0.3) is 0 Å². The van der Waals surface area contributed by atoms with Crippen LogP contribution in [0.5, 0.6) is 0 Å². The largest absolute Gasteiger partial charge is 0.222 e. The van der Waals surface area contributed by atoms with Crippen LogP contribution < -0.4 is 0 Å². The Balaban J connectivity index is 2.23. The van der Waals surface area contributed by atoms with Crippen LogP contribution in [0, 0.1) is 6.92 Å². The van der Waals surface area contributed by atoms with Crippen LogP contribution in [0.1, 0.15) is 24.0 Å². The Kier molecular flexibility index (Phi) is 5.72. The molecule has 0 spiro atoms. The first-order chi connectivity index (χ1) is 13.2. The third-order valence-electron chi connectivity index (χ3n) is 4.73. The standard InChI is InChI=1S/C22H22O4S2/c1-17-10-9-11-19(16-17)18(2)22(27(23,24)20-12-5-3-6-13-20)28(25,26)21-14-7-4-8-15-21/h3-16,18,22H,1-2H3. The fourth-order valence-electron chi connectivity index (χ4n) is 3.30. The summed E-state index contributed by atoms with van der Waals surface area (Å²) in [5, 5.41) is 0. The van der Waals surface area contributed by atoms with Gasteiger partial charge < -0.3 is 0 Å². The van der Waals surface area contributed by atoms with E-state index in [0.717, 1.165) is 5.56 Å². The predicted molar refractivity (Wildman–Crippen MR) is 111 cm³/mol. The van der Waals surface area contributed by atoms with Gasteiger partial charge in [-0.25, -0.2) is 16.8 Å². The van der Waals surface area contributed by atoms with Gasteiger partial charge in [0.1, 0.15) is 0 Å². The SMILES string of the molecule is Cc1cccc(C(C)C(S(=O)(=O)c2ccccc2)S(=O)(=O)c2ccccc2)c1. The maximum Gasteiger partial charge on any atom is 0.196 e. The molecular formula is C22H22O4S2. The lowest BCUT2D eigenvalue weighted by atomic mass is 10.0. The van der Waals surface area contributed by atoms with E-state index in [1.54, 1.807) is 49.4 Å². The molecule has 0 fully saturated rings. The fourth-order valence-corrected chi connectivity index (χ4v) is 8.30. The van der Waals surface area contributed by atoms with Crippen molar-refractivity contribution < 1.29 is 16.8 Å². The van der Waals surface area contributed by atoms with E-state index in [0.29, 0.717) is 5.56 Å². The van der Waals surface area contributed by atoms with Crippen LogP contribution in [0.4, 0.5) is 0 Å². The smallest absolute Gasteiger partial charge is 0.196 e. The van der Waals surface area contributed by atoms with Crippen LogP contribution >= 0.6 is 0 Å². The number of hydrogen-bond donors (Lipinski definition) is 0. The lowest BCUT2D eigenvalue weighted by Gasteiger charge is -2.25. The maximum absolute atomic E-state index is 13.5. The second kappa shape index (κ2) is 7.89. The van der Waals surface area contributed by atoms with Gasteiger partial charge in [-0.3, -0.25) is 0 Å². The third-order valence-corrected chi connectivity index (χ3v) is 10.1. The van der Waals surface area contributed by atoms with Gasteiger partial charge in [0.05, 0.1) is 9.79 Å². The molecule has 0 bridgehead atoms. The van der Waals surface area contributed by atoms with Crippen molar-refractivity contribution in [1.29, 1.82) is 0 Å². The zero-order chi connectivity index (χ0) is 20.4. The Hall–Kier alpha value is -2.44. The highest BCUT2D eigenvalue weighted by atomic mass is 32.3. The summed E-state index contributed by atoms with van der Waals surface area (Å²) in [6, 6.07) is 22.8. The number of aryl methyl sites for hydroxylation is 1. The molecule has 0 saturated carbocycles. The summed E-state index contributed by atoms with van der Waals surface area (Å²) in [5.74, 6) is -0.754. The molecule has 3 rings (SSSR count). The quantitative estimate of drug-likeness (QED) is 0.601. The van der Waals surface area contributed by atoms with E-state index in [4.69, 9.17) is 0 Å². The van der Waals surface area contributed by atoms with Crippen LogP contribution in [0.2, 0.25) is 0 Å². The normalized spacial score (nSPS) is 13.4. The van der Waals surface area contributed by atoms with Gasteiger partial charge in [-0.1, -0.05) is 73.2 Å². The molecule has 4 nitrogen and oxygen atoms in total. The van der Waals surface area contributed by atoms with Crippen LogP contribution in [0.25, 0.3) is 0 Å². The van der Waals surface area contributed by atoms with Gasteiger partial charge in [-0.15, -0.1) is 0 Å². The number of sulfone groups is 2. The molecule has 0 aliphatic carbocycles. The molecule has 0 aliphatic rings. The van der Waals surface area contributed by atoms with Crippen molar-refractivity contribution in [1.82, 2.24) is 0 Å². The minimum atomic E-state index is -4.16. The van der Waals surface area contributed by atoms with Gasteiger partial charge in [0, 0.05) is 5.92 Å². The number of hydrogen-bond acceptors (Lipinski definition) is 4. The second-order valence-electron chi connectivity index (χ2n) is 6.79. The Morgan fingerprint density at radius 1 is 0.643 bits per heavy atom. The summed E-state index contributed by atoms with van der Waals surface area (Å²) in [4.78, 5) is -0.00183. The third kappa shape index (κ3) is 3.88. The summed E-state index contributed by atoms with van der Waals surface area (Å²) in [6.45, 7) is 3.54. The molecule has 3 aromatic carbocycles. The summed E-state index contributed by atoms with van der Waals surface area (Å²) in [6.07, 6.45) is 0. The summed E-state index contributed by atoms with van der Waals surface area (Å²) < 4.78 is 52.3. The first-order valence-electron chi connectivity index (χ1n) is 8.89. The summed E-state index contributed by atoms with van der Waals surface area (Å²) in [7, 11) is -8.31. The minimum absolute atomic E-state index is 0.000917. The molecule has 1 atom stereocenters. The minimum Gasteiger partial charge on any atom is -0.222 e. The van der Waals surface area contributed by atoms with Crippen molar-refractivity contribution in [2.75, 3.05) is 0 Å². The average Bonchev–Trinajstić information content (AvgIpc) is 2.69. The van der Waals surface area contributed by atoms with E-state index in [-0.39, 0.29) is 9.79 Å². The van der Waals surface area contributed by atoms with E-state index >= 15 is 0 Å². The molecule has 0 aliphatic heterocycles. The molecular weight excluding hydrogens is 392 g/mol. The highest BCUT2D eigenvalue weighted by molar-refractivity contribution is 8.09. The summed E-state index contributed by atoms with van der Waals surface area (Å²) in [5.41, 5.74) is 1.61. The van der Waals surface area contributed by atoms with Crippen molar-refractivity contribution in [2.24, 2.45) is 0 Å². The Bertz CT molecular complexity index is 1080. The van der Waals surface area contributed by atoms with E-state index in [1.165, 1.54) is 24.3 Å². The van der Waals surface area contributed by atoms with Crippen molar-refractivity contribution in [3.05, 3.63) is 96.1 Å². The fraction of sp³-hybridized carbons (Fsp3) is 0.182. The molecule has 28 heavy (non-hydrogen) atoms. The van der Waals surface area contributed by atoms with E-state index < -0.39 is 30.2 Å². The van der Waals surface area contributed by atoms with E-state index in [9.17, 15) is 16.8 Å². The first kappa shape index (κ1) is 20.3. The van der Waals surface area contributed by atoms with Crippen molar-refractivity contribution >= 4 is 19.7 Å². The second-order valence-corrected chi connectivity index (χ2v) is 11.2. The van der Waals surface area contributed by atoms with Gasteiger partial charge in [0.2, 0.25) is 0 Å². The lowest BCUT2D eigenvalue weighted by molar-refractivity contribution is 0.562. The molecule has 146 valence electrons. The molecule has 0 amide bonds. The molecule has 0 saturated heterocycles. The lowest BCUT2D eigenvalue weighted by Crippen LogP contribution is -2.35. The van der Waals surface area contributed by atoms with Crippen LogP contribution in [0.15, 0.2) is 94.7 Å². The van der Waals surface area contributed by atoms with Gasteiger partial charge in [0.15, 0.2) is 24.3 Å². The van der Waals surface area contributed by atoms with Gasteiger partial charge >= 0.3 is 0 Å². The zero-order valence-corrected chi connectivity index (χ0v) is 17.3. The highest BCUT2D eigenvalue weighted by Crippen LogP contribution is 2.35. The van der Waals surface area contributed by atoms with Crippen molar-refractivity contribution in [2.45, 2.75) is 34.1 Å². The highest BCUT2D eigenvalue weighted by Gasteiger charge is 2.44. The van der Waals surface area contributed by atoms with E-state index in [1.807, 2.05) is 25.1 Å². The number of benzene rings is 3. The monoisotopic (exact) mass is 414 g/mol. The van der Waals surface area contributed by atoms with Gasteiger partial charge in [-0.05, 0) is 36.8 Å². The molecule has 3 aromatic rings. The maximum atomic E-state index is 13.5. The predicted octanol–water partition coefficient (Wildman–Crippen LogP) is 4.37. The molecule has 0 N–H and O–H groups in total. The molecule has 1 unspecified atom stereocenters.